The fourth-order valence-electron chi connectivity index (χ4n) is 5.17. The molecular formula is C32H54N2O7. The Morgan fingerprint density at radius 2 is 1.41 bits per heavy atom. The highest BCUT2D eigenvalue weighted by atomic mass is 16.6. The third-order valence-electron chi connectivity index (χ3n) is 7.81. The fraction of sp³-hybridized carbons (Fsp3) is 0.781. The summed E-state index contributed by atoms with van der Waals surface area (Å²) in [5.41, 5.74) is -1.02. The number of aromatic nitrogens is 2. The number of rotatable bonds is 22. The van der Waals surface area contributed by atoms with Crippen LogP contribution in [-0.2, 0) is 14.3 Å². The van der Waals surface area contributed by atoms with Crippen molar-refractivity contribution < 1.29 is 24.5 Å². The molecule has 0 radical (unpaired) electrons. The van der Waals surface area contributed by atoms with Crippen molar-refractivity contribution in [1.82, 2.24) is 9.55 Å². The molecule has 2 rings (SSSR count). The Hall–Kier alpha value is -2.23. The average Bonchev–Trinajstić information content (AvgIpc) is 3.23. The highest BCUT2D eigenvalue weighted by molar-refractivity contribution is 5.69. The van der Waals surface area contributed by atoms with Gasteiger partial charge in [-0.1, -0.05) is 96.1 Å². The maximum atomic E-state index is 12.1. The molecule has 9 heteroatoms. The van der Waals surface area contributed by atoms with E-state index in [2.05, 4.69) is 24.1 Å². The molecule has 1 aromatic rings. The van der Waals surface area contributed by atoms with Crippen molar-refractivity contribution >= 4 is 5.97 Å². The zero-order valence-electron chi connectivity index (χ0n) is 25.4. The lowest BCUT2D eigenvalue weighted by molar-refractivity contribution is -0.150. The van der Waals surface area contributed by atoms with Crippen molar-refractivity contribution in [3.05, 3.63) is 44.8 Å². The van der Waals surface area contributed by atoms with Crippen LogP contribution in [-0.4, -0.2) is 50.7 Å². The van der Waals surface area contributed by atoms with Gasteiger partial charge >= 0.3 is 11.7 Å². The molecule has 1 fully saturated rings. The predicted octanol–water partition coefficient (Wildman–Crippen LogP) is 5.61. The van der Waals surface area contributed by atoms with E-state index in [4.69, 9.17) is 9.47 Å². The molecule has 0 aromatic carbocycles. The van der Waals surface area contributed by atoms with E-state index >= 15 is 0 Å². The SMILES string of the molecule is CCCCCCCC/C=C\CCCCCCCCCCCC(=O)OC[C@H]1O[C@@H](n2cc(C)c(=O)[nH]c2=O)[C@@H](O)[C@@H]1O. The number of allylic oxidation sites excluding steroid dienone is 2. The molecule has 0 unspecified atom stereocenters. The normalized spacial score (nSPS) is 20.7. The lowest BCUT2D eigenvalue weighted by Crippen LogP contribution is -2.38. The van der Waals surface area contributed by atoms with Crippen LogP contribution < -0.4 is 11.2 Å². The van der Waals surface area contributed by atoms with Crippen molar-refractivity contribution in [3.63, 3.8) is 0 Å². The Morgan fingerprint density at radius 3 is 2.00 bits per heavy atom. The number of carbonyl (C=O) groups excluding carboxylic acids is 1. The molecule has 1 aliphatic rings. The number of nitrogens with zero attached hydrogens (tertiary/aromatic N) is 1. The number of carbonyl (C=O) groups is 1. The number of aromatic amines is 1. The van der Waals surface area contributed by atoms with Crippen LogP contribution in [0.4, 0.5) is 0 Å². The van der Waals surface area contributed by atoms with Crippen LogP contribution in [0.5, 0.6) is 0 Å². The van der Waals surface area contributed by atoms with Crippen LogP contribution in [0.2, 0.25) is 0 Å². The van der Waals surface area contributed by atoms with Gasteiger partial charge in [0.2, 0.25) is 0 Å². The summed E-state index contributed by atoms with van der Waals surface area (Å²) in [4.78, 5) is 38.0. The second kappa shape index (κ2) is 20.6. The molecule has 9 nitrogen and oxygen atoms in total. The molecule has 3 N–H and O–H groups in total. The topological polar surface area (TPSA) is 131 Å². The number of aryl methyl sites for hydroxylation is 1. The van der Waals surface area contributed by atoms with Crippen LogP contribution in [0.3, 0.4) is 0 Å². The van der Waals surface area contributed by atoms with Crippen LogP contribution in [0.25, 0.3) is 0 Å². The summed E-state index contributed by atoms with van der Waals surface area (Å²) >= 11 is 0. The maximum absolute atomic E-state index is 12.1. The number of aliphatic hydroxyl groups excluding tert-OH is 2. The summed E-state index contributed by atoms with van der Waals surface area (Å²) in [5.74, 6) is -0.378. The summed E-state index contributed by atoms with van der Waals surface area (Å²) in [7, 11) is 0. The standard InChI is InChI=1S/C32H54N2O7/c1-3-4-5-6-7-8-9-10-11-12-13-14-15-16-17-18-19-20-21-22-27(35)40-24-26-28(36)29(37)31(41-26)34-23-25(2)30(38)33-32(34)39/h10-11,23,26,28-29,31,36-37H,3-9,12-22,24H2,1-2H3,(H,33,38,39)/b11-10-/t26-,28-,29+,31-/m1/s1. The van der Waals surface area contributed by atoms with E-state index in [9.17, 15) is 24.6 Å². The summed E-state index contributed by atoms with van der Waals surface area (Å²) in [6.45, 7) is 3.55. The lowest BCUT2D eigenvalue weighted by Gasteiger charge is -2.17. The molecule has 1 aliphatic heterocycles. The van der Waals surface area contributed by atoms with E-state index in [1.807, 2.05) is 0 Å². The van der Waals surface area contributed by atoms with Crippen LogP contribution >= 0.6 is 0 Å². The Morgan fingerprint density at radius 1 is 0.878 bits per heavy atom. The summed E-state index contributed by atoms with van der Waals surface area (Å²) < 4.78 is 11.9. The minimum atomic E-state index is -1.40. The Bertz CT molecular complexity index is 1000. The van der Waals surface area contributed by atoms with Crippen molar-refractivity contribution in [1.29, 1.82) is 0 Å². The Balaban J connectivity index is 1.44. The fourth-order valence-corrected chi connectivity index (χ4v) is 5.17. The molecule has 4 atom stereocenters. The first kappa shape index (κ1) is 35.0. The number of nitrogens with one attached hydrogen (secondary N) is 1. The van der Waals surface area contributed by atoms with Gasteiger partial charge in [-0.2, -0.15) is 0 Å². The smallest absolute Gasteiger partial charge is 0.330 e. The van der Waals surface area contributed by atoms with Gasteiger partial charge in [0.05, 0.1) is 0 Å². The third kappa shape index (κ3) is 13.5. The Kier molecular flexibility index (Phi) is 17.6. The zero-order chi connectivity index (χ0) is 29.9. The number of ether oxygens (including phenoxy) is 2. The minimum Gasteiger partial charge on any atom is -0.463 e. The van der Waals surface area contributed by atoms with E-state index in [-0.39, 0.29) is 18.1 Å². The van der Waals surface area contributed by atoms with Gasteiger partial charge in [0.1, 0.15) is 24.9 Å². The number of H-pyrrole nitrogens is 1. The molecule has 1 aromatic heterocycles. The van der Waals surface area contributed by atoms with Gasteiger partial charge in [0.15, 0.2) is 6.23 Å². The van der Waals surface area contributed by atoms with Crippen LogP contribution in [0, 0.1) is 6.92 Å². The molecule has 0 bridgehead atoms. The minimum absolute atomic E-state index is 0.223. The molecule has 41 heavy (non-hydrogen) atoms. The first-order valence-corrected chi connectivity index (χ1v) is 16.0. The highest BCUT2D eigenvalue weighted by Gasteiger charge is 2.44. The molecular weight excluding hydrogens is 524 g/mol. The van der Waals surface area contributed by atoms with Crippen molar-refractivity contribution in [2.75, 3.05) is 6.61 Å². The van der Waals surface area contributed by atoms with Gasteiger partial charge in [-0.3, -0.25) is 19.1 Å². The number of unbranched alkanes of at least 4 members (excludes halogenated alkanes) is 15. The number of hydrogen-bond acceptors (Lipinski definition) is 7. The quantitative estimate of drug-likeness (QED) is 0.0926. The van der Waals surface area contributed by atoms with Gasteiger partial charge in [0, 0.05) is 18.2 Å². The molecule has 0 spiro atoms. The second-order valence-corrected chi connectivity index (χ2v) is 11.5. The third-order valence-corrected chi connectivity index (χ3v) is 7.81. The van der Waals surface area contributed by atoms with Crippen LogP contribution in [0.1, 0.15) is 134 Å². The second-order valence-electron chi connectivity index (χ2n) is 11.5. The molecule has 2 heterocycles. The predicted molar refractivity (Wildman–Crippen MR) is 161 cm³/mol. The number of hydrogen-bond donors (Lipinski definition) is 3. The van der Waals surface area contributed by atoms with Gasteiger partial charge in [-0.15, -0.1) is 0 Å². The number of aliphatic hydroxyl groups is 2. The van der Waals surface area contributed by atoms with Gasteiger partial charge in [-0.05, 0) is 39.0 Å². The summed E-state index contributed by atoms with van der Waals surface area (Å²) in [6, 6.07) is 0. The molecule has 234 valence electrons. The van der Waals surface area contributed by atoms with Crippen LogP contribution in [0.15, 0.2) is 27.9 Å². The van der Waals surface area contributed by atoms with Crippen molar-refractivity contribution in [2.45, 2.75) is 154 Å². The first-order chi connectivity index (χ1) is 19.8. The summed E-state index contributed by atoms with van der Waals surface area (Å²) in [5, 5.41) is 20.6. The maximum Gasteiger partial charge on any atom is 0.330 e. The van der Waals surface area contributed by atoms with E-state index in [0.29, 0.717) is 6.42 Å². The lowest BCUT2D eigenvalue weighted by atomic mass is 10.1. The molecule has 1 saturated heterocycles. The molecule has 0 aliphatic carbocycles. The van der Waals surface area contributed by atoms with Gasteiger partial charge in [0.25, 0.3) is 5.56 Å². The average molecular weight is 579 g/mol. The van der Waals surface area contributed by atoms with E-state index < -0.39 is 35.8 Å². The van der Waals surface area contributed by atoms with Gasteiger partial charge in [-0.25, -0.2) is 4.79 Å². The number of esters is 1. The van der Waals surface area contributed by atoms with Crippen molar-refractivity contribution in [3.8, 4) is 0 Å². The summed E-state index contributed by atoms with van der Waals surface area (Å²) in [6.07, 6.45) is 22.3. The monoisotopic (exact) mass is 578 g/mol. The van der Waals surface area contributed by atoms with E-state index in [1.54, 1.807) is 0 Å². The highest BCUT2D eigenvalue weighted by Crippen LogP contribution is 2.28. The van der Waals surface area contributed by atoms with Crippen molar-refractivity contribution in [2.24, 2.45) is 0 Å². The van der Waals surface area contributed by atoms with Gasteiger partial charge < -0.3 is 19.7 Å². The Labute approximate surface area is 245 Å². The molecule has 0 saturated carbocycles. The van der Waals surface area contributed by atoms with E-state index in [1.165, 1.54) is 103 Å². The largest absolute Gasteiger partial charge is 0.463 e. The zero-order valence-corrected chi connectivity index (χ0v) is 25.4. The molecule has 0 amide bonds. The van der Waals surface area contributed by atoms with E-state index in [0.717, 1.165) is 23.8 Å². The first-order valence-electron chi connectivity index (χ1n) is 16.0.